The van der Waals surface area contributed by atoms with Gasteiger partial charge in [0.25, 0.3) is 0 Å². The number of aryl methyl sites for hydroxylation is 2. The van der Waals surface area contributed by atoms with Crippen LogP contribution in [0.15, 0.2) is 4.47 Å². The van der Waals surface area contributed by atoms with E-state index in [0.717, 1.165) is 29.0 Å². The quantitative estimate of drug-likeness (QED) is 0.823. The SMILES string of the molecule is COCC(CNCc1c(Br)c(C)nn1C)OC. The molecule has 0 saturated heterocycles. The Morgan fingerprint density at radius 3 is 2.65 bits per heavy atom. The van der Waals surface area contributed by atoms with Crippen LogP contribution in [0.25, 0.3) is 0 Å². The molecule has 0 aliphatic heterocycles. The van der Waals surface area contributed by atoms with Gasteiger partial charge >= 0.3 is 0 Å². The fourth-order valence-corrected chi connectivity index (χ4v) is 2.10. The van der Waals surface area contributed by atoms with Crippen LogP contribution < -0.4 is 5.32 Å². The lowest BCUT2D eigenvalue weighted by Gasteiger charge is -2.15. The predicted molar refractivity (Wildman–Crippen MR) is 70.0 cm³/mol. The van der Waals surface area contributed by atoms with Gasteiger partial charge in [0.1, 0.15) is 0 Å². The lowest BCUT2D eigenvalue weighted by atomic mass is 10.3. The molecule has 6 heteroatoms. The molecule has 1 atom stereocenters. The highest BCUT2D eigenvalue weighted by molar-refractivity contribution is 9.10. The van der Waals surface area contributed by atoms with E-state index in [1.54, 1.807) is 14.2 Å². The van der Waals surface area contributed by atoms with Gasteiger partial charge < -0.3 is 14.8 Å². The number of ether oxygens (including phenoxy) is 2. The lowest BCUT2D eigenvalue weighted by Crippen LogP contribution is -2.32. The standard InChI is InChI=1S/C11H20BrN3O2/c1-8-11(12)10(15(2)14-8)6-13-5-9(17-4)7-16-3/h9,13H,5-7H2,1-4H3. The Balaban J connectivity index is 2.45. The topological polar surface area (TPSA) is 48.3 Å². The van der Waals surface area contributed by atoms with Crippen LogP contribution in [0.2, 0.25) is 0 Å². The maximum atomic E-state index is 5.27. The zero-order valence-corrected chi connectivity index (χ0v) is 12.4. The highest BCUT2D eigenvalue weighted by atomic mass is 79.9. The third-order valence-electron chi connectivity index (χ3n) is 2.61. The molecule has 1 rings (SSSR count). The molecular weight excluding hydrogens is 286 g/mol. The van der Waals surface area contributed by atoms with Gasteiger partial charge in [-0.1, -0.05) is 0 Å². The van der Waals surface area contributed by atoms with E-state index in [0.29, 0.717) is 6.61 Å². The van der Waals surface area contributed by atoms with Gasteiger partial charge in [0.2, 0.25) is 0 Å². The number of hydrogen-bond donors (Lipinski definition) is 1. The van der Waals surface area contributed by atoms with Crippen LogP contribution in [0, 0.1) is 6.92 Å². The Labute approximate surface area is 111 Å². The number of methoxy groups -OCH3 is 2. The second-order valence-corrected chi connectivity index (χ2v) is 4.71. The van der Waals surface area contributed by atoms with Crippen molar-refractivity contribution >= 4 is 15.9 Å². The number of hydrogen-bond acceptors (Lipinski definition) is 4. The van der Waals surface area contributed by atoms with Crippen LogP contribution in [-0.4, -0.2) is 43.3 Å². The van der Waals surface area contributed by atoms with Gasteiger partial charge in [0.05, 0.1) is 28.6 Å². The molecule has 1 N–H and O–H groups in total. The minimum atomic E-state index is 0.0769. The van der Waals surface area contributed by atoms with Crippen LogP contribution in [-0.2, 0) is 23.1 Å². The molecule has 0 fully saturated rings. The van der Waals surface area contributed by atoms with Crippen molar-refractivity contribution in [2.24, 2.45) is 7.05 Å². The molecule has 0 spiro atoms. The van der Waals surface area contributed by atoms with Crippen LogP contribution in [0.1, 0.15) is 11.4 Å². The average Bonchev–Trinajstić information content (AvgIpc) is 2.54. The molecule has 17 heavy (non-hydrogen) atoms. The third-order valence-corrected chi connectivity index (χ3v) is 3.64. The van der Waals surface area contributed by atoms with Crippen LogP contribution in [0.3, 0.4) is 0 Å². The fourth-order valence-electron chi connectivity index (χ4n) is 1.62. The minimum absolute atomic E-state index is 0.0769. The second kappa shape index (κ2) is 7.10. The monoisotopic (exact) mass is 305 g/mol. The summed E-state index contributed by atoms with van der Waals surface area (Å²) < 4.78 is 13.3. The summed E-state index contributed by atoms with van der Waals surface area (Å²) in [7, 11) is 5.31. The van der Waals surface area contributed by atoms with E-state index in [-0.39, 0.29) is 6.10 Å². The molecule has 0 radical (unpaired) electrons. The molecule has 98 valence electrons. The fraction of sp³-hybridized carbons (Fsp3) is 0.727. The minimum Gasteiger partial charge on any atom is -0.382 e. The average molecular weight is 306 g/mol. The lowest BCUT2D eigenvalue weighted by molar-refractivity contribution is 0.0287. The van der Waals surface area contributed by atoms with Crippen molar-refractivity contribution in [1.29, 1.82) is 0 Å². The van der Waals surface area contributed by atoms with E-state index < -0.39 is 0 Å². The van der Waals surface area contributed by atoms with Gasteiger partial charge in [0, 0.05) is 34.4 Å². The molecule has 1 aromatic rings. The van der Waals surface area contributed by atoms with Crippen molar-refractivity contribution in [3.8, 4) is 0 Å². The molecule has 0 bridgehead atoms. The van der Waals surface area contributed by atoms with Crippen molar-refractivity contribution in [1.82, 2.24) is 15.1 Å². The van der Waals surface area contributed by atoms with Gasteiger partial charge in [-0.15, -0.1) is 0 Å². The van der Waals surface area contributed by atoms with Crippen LogP contribution >= 0.6 is 15.9 Å². The summed E-state index contributed by atoms with van der Waals surface area (Å²) in [4.78, 5) is 0. The van der Waals surface area contributed by atoms with E-state index in [4.69, 9.17) is 9.47 Å². The normalized spacial score (nSPS) is 13.0. The van der Waals surface area contributed by atoms with E-state index in [1.807, 2.05) is 18.7 Å². The smallest absolute Gasteiger partial charge is 0.0928 e. The highest BCUT2D eigenvalue weighted by Gasteiger charge is 2.11. The van der Waals surface area contributed by atoms with Gasteiger partial charge in [-0.3, -0.25) is 4.68 Å². The maximum absolute atomic E-state index is 5.27. The predicted octanol–water partition coefficient (Wildman–Crippen LogP) is 1.24. The Kier molecular flexibility index (Phi) is 6.11. The number of halogens is 1. The Morgan fingerprint density at radius 1 is 1.47 bits per heavy atom. The largest absolute Gasteiger partial charge is 0.382 e. The summed E-state index contributed by atoms with van der Waals surface area (Å²) in [6, 6.07) is 0. The van der Waals surface area contributed by atoms with Crippen molar-refractivity contribution in [2.75, 3.05) is 27.4 Å². The van der Waals surface area contributed by atoms with E-state index >= 15 is 0 Å². The Hall–Kier alpha value is -0.430. The van der Waals surface area contributed by atoms with Crippen LogP contribution in [0.4, 0.5) is 0 Å². The van der Waals surface area contributed by atoms with Gasteiger partial charge in [0.15, 0.2) is 0 Å². The summed E-state index contributed by atoms with van der Waals surface area (Å²) >= 11 is 3.54. The molecule has 1 aromatic heterocycles. The summed E-state index contributed by atoms with van der Waals surface area (Å²) in [6.45, 7) is 4.08. The summed E-state index contributed by atoms with van der Waals surface area (Å²) in [5.74, 6) is 0. The number of nitrogens with one attached hydrogen (secondary N) is 1. The van der Waals surface area contributed by atoms with Crippen molar-refractivity contribution in [3.05, 3.63) is 15.9 Å². The molecule has 0 saturated carbocycles. The number of nitrogens with zero attached hydrogens (tertiary/aromatic N) is 2. The molecular formula is C11H20BrN3O2. The van der Waals surface area contributed by atoms with Gasteiger partial charge in [-0.25, -0.2) is 0 Å². The summed E-state index contributed by atoms with van der Waals surface area (Å²) in [5.41, 5.74) is 2.14. The first kappa shape index (κ1) is 14.6. The highest BCUT2D eigenvalue weighted by Crippen LogP contribution is 2.19. The van der Waals surface area contributed by atoms with E-state index in [9.17, 15) is 0 Å². The second-order valence-electron chi connectivity index (χ2n) is 3.91. The first-order valence-electron chi connectivity index (χ1n) is 5.50. The first-order valence-corrected chi connectivity index (χ1v) is 6.29. The molecule has 0 aromatic carbocycles. The first-order chi connectivity index (χ1) is 8.10. The summed E-state index contributed by atoms with van der Waals surface area (Å²) in [6.07, 6.45) is 0.0769. The molecule has 1 heterocycles. The van der Waals surface area contributed by atoms with Gasteiger partial charge in [-0.2, -0.15) is 5.10 Å². The number of aromatic nitrogens is 2. The van der Waals surface area contributed by atoms with Crippen molar-refractivity contribution in [2.45, 2.75) is 19.6 Å². The Bertz CT molecular complexity index is 355. The molecule has 0 aliphatic rings. The Morgan fingerprint density at radius 2 is 2.18 bits per heavy atom. The zero-order valence-electron chi connectivity index (χ0n) is 10.8. The van der Waals surface area contributed by atoms with Crippen molar-refractivity contribution < 1.29 is 9.47 Å². The maximum Gasteiger partial charge on any atom is 0.0928 e. The molecule has 0 amide bonds. The number of rotatable bonds is 7. The zero-order chi connectivity index (χ0) is 12.8. The molecule has 1 unspecified atom stereocenters. The van der Waals surface area contributed by atoms with Crippen molar-refractivity contribution in [3.63, 3.8) is 0 Å². The molecule has 0 aliphatic carbocycles. The third kappa shape index (κ3) is 4.06. The van der Waals surface area contributed by atoms with E-state index in [2.05, 4.69) is 26.3 Å². The van der Waals surface area contributed by atoms with Crippen LogP contribution in [0.5, 0.6) is 0 Å². The summed E-state index contributed by atoms with van der Waals surface area (Å²) in [5, 5.41) is 7.68. The van der Waals surface area contributed by atoms with Gasteiger partial charge in [-0.05, 0) is 22.9 Å². The molecule has 5 nitrogen and oxygen atoms in total. The van der Waals surface area contributed by atoms with E-state index in [1.165, 1.54) is 0 Å².